The predicted octanol–water partition coefficient (Wildman–Crippen LogP) is 3.83. The fourth-order valence-corrected chi connectivity index (χ4v) is 10.0. The number of carbonyl (C=O) groups is 4. The molecule has 4 amide bonds. The monoisotopic (exact) mass is 812 g/mol. The van der Waals surface area contributed by atoms with E-state index in [1.165, 1.54) is 4.90 Å². The molecule has 3 aliphatic heterocycles. The van der Waals surface area contributed by atoms with Crippen molar-refractivity contribution < 1.29 is 37.1 Å². The van der Waals surface area contributed by atoms with E-state index in [4.69, 9.17) is 20.2 Å². The number of methoxy groups -OCH3 is 1. The van der Waals surface area contributed by atoms with Gasteiger partial charge in [0.15, 0.2) is 0 Å². The maximum Gasteiger partial charge on any atom is 0.259 e. The minimum atomic E-state index is -3.89. The zero-order valence-corrected chi connectivity index (χ0v) is 33.6. The number of likely N-dealkylation sites (tertiary alicyclic amines) is 1. The van der Waals surface area contributed by atoms with Gasteiger partial charge in [-0.05, 0) is 57.1 Å². The number of nitrogens with one attached hydrogen (secondary N) is 2. The van der Waals surface area contributed by atoms with Gasteiger partial charge in [0.25, 0.3) is 5.91 Å². The highest BCUT2D eigenvalue weighted by Crippen LogP contribution is 2.46. The Bertz CT molecular complexity index is 2210. The lowest BCUT2D eigenvalue weighted by Crippen LogP contribution is -2.57. The first kappa shape index (κ1) is 39.8. The number of benzene rings is 2. The summed E-state index contributed by atoms with van der Waals surface area (Å²) in [6, 6.07) is 15.9. The predicted molar refractivity (Wildman–Crippen MR) is 217 cm³/mol. The summed E-state index contributed by atoms with van der Waals surface area (Å²) in [4.78, 5) is 65.0. The normalized spacial score (nSPS) is 27.9. The maximum atomic E-state index is 14.8. The number of sulfonamides is 1. The lowest BCUT2D eigenvalue weighted by atomic mass is 9.94. The standard InChI is InChI=1S/C43H52N6O8S/c1-56-31-14-17-34-36(21-31)45-35(27-10-7-5-8-11-27)23-38(34)57-32-22-37-40(51)46-43(42(53)47-58(54,55)33-15-16-33)24-29(43)13-9-4-2-3-6-12-28(41(52)49(37)26-32)20-39(50)48-19-18-30(44)25-48/h5,7-11,13-14,17,21,23,28-30,32-33,37H,2-4,6,12,15-16,18-20,22,24-26,44H2,1H3,(H,46,51)(H,47,53)/t28-,29?,30+,32-,37+,43-/m1/s1. The highest BCUT2D eigenvalue weighted by molar-refractivity contribution is 7.91. The summed E-state index contributed by atoms with van der Waals surface area (Å²) in [5.41, 5.74) is 6.82. The smallest absolute Gasteiger partial charge is 0.259 e. The summed E-state index contributed by atoms with van der Waals surface area (Å²) in [6.45, 7) is 1.03. The van der Waals surface area contributed by atoms with E-state index >= 15 is 0 Å². The van der Waals surface area contributed by atoms with Crippen molar-refractivity contribution >= 4 is 44.6 Å². The van der Waals surface area contributed by atoms with Crippen LogP contribution < -0.4 is 25.2 Å². The fraction of sp³-hybridized carbons (Fsp3) is 0.512. The van der Waals surface area contributed by atoms with Crippen LogP contribution in [-0.2, 0) is 29.2 Å². The number of ether oxygens (including phenoxy) is 2. The summed E-state index contributed by atoms with van der Waals surface area (Å²) in [5, 5.41) is 3.04. The highest BCUT2D eigenvalue weighted by Gasteiger charge is 2.62. The van der Waals surface area contributed by atoms with Gasteiger partial charge in [-0.2, -0.15) is 0 Å². The number of allylic oxidation sites excluding steroid dienone is 1. The Labute approximate surface area is 338 Å². The topological polar surface area (TPSA) is 190 Å². The molecule has 2 aromatic carbocycles. The first-order valence-electron chi connectivity index (χ1n) is 20.5. The molecule has 8 rings (SSSR count). The SMILES string of the molecule is COc1ccc2c(O[C@@H]3C[C@H]4C(=O)N[C@]5(C(=O)NS(=O)(=O)C6CC6)CC5C=CCCCCC[C@H](CC(=O)N5CC[C@H](N)C5)C(=O)N4C3)cc(-c3ccccc3)nc2c1. The molecule has 4 N–H and O–H groups in total. The number of hydrogen-bond donors (Lipinski definition) is 3. The molecule has 0 bridgehead atoms. The average molecular weight is 813 g/mol. The van der Waals surface area contributed by atoms with Crippen molar-refractivity contribution in [1.82, 2.24) is 24.8 Å². The maximum absolute atomic E-state index is 14.8. The molecule has 4 fully saturated rings. The van der Waals surface area contributed by atoms with Crippen molar-refractivity contribution in [3.8, 4) is 22.8 Å². The number of amides is 4. The second kappa shape index (κ2) is 16.3. The Kier molecular flexibility index (Phi) is 11.2. The van der Waals surface area contributed by atoms with E-state index in [1.54, 1.807) is 12.0 Å². The quantitative estimate of drug-likeness (QED) is 0.268. The lowest BCUT2D eigenvalue weighted by molar-refractivity contribution is -0.145. The Morgan fingerprint density at radius 1 is 1.02 bits per heavy atom. The Hall–Kier alpha value is -5.02. The van der Waals surface area contributed by atoms with E-state index in [-0.39, 0.29) is 43.7 Å². The molecule has 14 nitrogen and oxygen atoms in total. The third kappa shape index (κ3) is 8.42. The molecule has 58 heavy (non-hydrogen) atoms. The number of carbonyl (C=O) groups excluding carboxylic acids is 4. The summed E-state index contributed by atoms with van der Waals surface area (Å²) < 4.78 is 40.4. The van der Waals surface area contributed by atoms with Crippen LogP contribution in [-0.4, -0.2) is 103 Å². The van der Waals surface area contributed by atoms with Crippen molar-refractivity contribution in [2.75, 3.05) is 26.7 Å². The average Bonchev–Trinajstić information content (AvgIpc) is 4.11. The van der Waals surface area contributed by atoms with Gasteiger partial charge in [-0.3, -0.25) is 23.9 Å². The van der Waals surface area contributed by atoms with Crippen LogP contribution >= 0.6 is 0 Å². The first-order chi connectivity index (χ1) is 27.9. The van der Waals surface area contributed by atoms with E-state index < -0.39 is 56.6 Å². The van der Waals surface area contributed by atoms with Crippen molar-refractivity contribution in [2.45, 2.75) is 99.6 Å². The second-order valence-electron chi connectivity index (χ2n) is 16.5. The number of aromatic nitrogens is 1. The molecule has 2 aliphatic carbocycles. The number of nitrogens with two attached hydrogens (primary N) is 1. The van der Waals surface area contributed by atoms with Crippen LogP contribution in [0.1, 0.15) is 70.6 Å². The molecule has 2 saturated heterocycles. The van der Waals surface area contributed by atoms with Crippen molar-refractivity contribution in [3.63, 3.8) is 0 Å². The summed E-state index contributed by atoms with van der Waals surface area (Å²) >= 11 is 0. The largest absolute Gasteiger partial charge is 0.497 e. The van der Waals surface area contributed by atoms with Crippen molar-refractivity contribution in [2.24, 2.45) is 17.6 Å². The van der Waals surface area contributed by atoms with E-state index in [0.29, 0.717) is 73.3 Å². The molecule has 3 aromatic rings. The molecule has 4 heterocycles. The third-order valence-electron chi connectivity index (χ3n) is 12.3. The van der Waals surface area contributed by atoms with Gasteiger partial charge < -0.3 is 30.3 Å². The molecule has 1 aromatic heterocycles. The summed E-state index contributed by atoms with van der Waals surface area (Å²) in [6.07, 6.45) is 8.75. The van der Waals surface area contributed by atoms with Gasteiger partial charge in [-0.1, -0.05) is 55.3 Å². The van der Waals surface area contributed by atoms with Crippen LogP contribution in [0.2, 0.25) is 0 Å². The molecule has 6 atom stereocenters. The number of fused-ring (bicyclic) bond motifs is 3. The molecule has 1 unspecified atom stereocenters. The fourth-order valence-electron chi connectivity index (χ4n) is 8.67. The molecule has 15 heteroatoms. The molecule has 2 saturated carbocycles. The van der Waals surface area contributed by atoms with Gasteiger partial charge >= 0.3 is 0 Å². The van der Waals surface area contributed by atoms with E-state index in [1.807, 2.05) is 66.7 Å². The first-order valence-corrected chi connectivity index (χ1v) is 22.1. The van der Waals surface area contributed by atoms with Gasteiger partial charge in [0.1, 0.15) is 29.2 Å². The Morgan fingerprint density at radius 2 is 1.83 bits per heavy atom. The van der Waals surface area contributed by atoms with Crippen molar-refractivity contribution in [1.29, 1.82) is 0 Å². The van der Waals surface area contributed by atoms with E-state index in [2.05, 4.69) is 10.0 Å². The minimum absolute atomic E-state index is 0.00742. The Balaban J connectivity index is 1.12. The lowest BCUT2D eigenvalue weighted by Gasteiger charge is -2.30. The van der Waals surface area contributed by atoms with E-state index in [9.17, 15) is 27.6 Å². The third-order valence-corrected chi connectivity index (χ3v) is 14.1. The zero-order chi connectivity index (χ0) is 40.6. The van der Waals surface area contributed by atoms with Gasteiger partial charge in [-0.25, -0.2) is 13.4 Å². The zero-order valence-electron chi connectivity index (χ0n) is 32.8. The molecular formula is C43H52N6O8S. The van der Waals surface area contributed by atoms with Crippen LogP contribution in [0.3, 0.4) is 0 Å². The molecular weight excluding hydrogens is 761 g/mol. The Morgan fingerprint density at radius 3 is 2.57 bits per heavy atom. The molecule has 5 aliphatic rings. The van der Waals surface area contributed by atoms with Gasteiger partial charge in [0, 0.05) is 66.9 Å². The molecule has 0 radical (unpaired) electrons. The van der Waals surface area contributed by atoms with Crippen LogP contribution in [0, 0.1) is 11.8 Å². The minimum Gasteiger partial charge on any atom is -0.497 e. The number of pyridine rings is 1. The van der Waals surface area contributed by atoms with E-state index in [0.717, 1.165) is 24.8 Å². The van der Waals surface area contributed by atoms with Gasteiger partial charge in [-0.15, -0.1) is 0 Å². The summed E-state index contributed by atoms with van der Waals surface area (Å²) in [5.74, 6) is -1.78. The van der Waals surface area contributed by atoms with Crippen LogP contribution in [0.5, 0.6) is 11.5 Å². The molecule has 308 valence electrons. The van der Waals surface area contributed by atoms with Gasteiger partial charge in [0.05, 0.1) is 30.1 Å². The summed E-state index contributed by atoms with van der Waals surface area (Å²) in [7, 11) is -2.31. The van der Waals surface area contributed by atoms with Gasteiger partial charge in [0.2, 0.25) is 27.7 Å². The van der Waals surface area contributed by atoms with Crippen molar-refractivity contribution in [3.05, 3.63) is 66.7 Å². The van der Waals surface area contributed by atoms with Crippen LogP contribution in [0.25, 0.3) is 22.2 Å². The number of rotatable bonds is 9. The highest BCUT2D eigenvalue weighted by atomic mass is 32.2. The molecule has 0 spiro atoms. The van der Waals surface area contributed by atoms with Crippen LogP contribution in [0.4, 0.5) is 0 Å². The second-order valence-corrected chi connectivity index (χ2v) is 18.5. The number of hydrogen-bond acceptors (Lipinski definition) is 10. The number of nitrogens with zero attached hydrogens (tertiary/aromatic N) is 3. The van der Waals surface area contributed by atoms with Crippen LogP contribution in [0.15, 0.2) is 66.7 Å².